The van der Waals surface area contributed by atoms with E-state index >= 15 is 0 Å². The second kappa shape index (κ2) is 5.83. The molecule has 0 unspecified atom stereocenters. The van der Waals surface area contributed by atoms with Crippen molar-refractivity contribution in [2.45, 2.75) is 30.0 Å². The average molecular weight is 330 g/mol. The Morgan fingerprint density at radius 3 is 2.71 bits per heavy atom. The molecule has 1 fully saturated rings. The Kier molecular flexibility index (Phi) is 4.46. The van der Waals surface area contributed by atoms with E-state index in [1.165, 1.54) is 16.4 Å². The summed E-state index contributed by atoms with van der Waals surface area (Å²) in [7, 11) is -5.08. The zero-order valence-corrected chi connectivity index (χ0v) is 13.2. The van der Waals surface area contributed by atoms with E-state index in [1.54, 1.807) is 19.9 Å². The number of halogens is 1. The first-order valence-electron chi connectivity index (χ1n) is 6.38. The fourth-order valence-electron chi connectivity index (χ4n) is 2.32. The molecule has 0 aromatic heterocycles. The molecular formula is C13H15FN2O3S2. The molecule has 1 saturated heterocycles. The molecule has 8 heteroatoms. The molecule has 1 heterocycles. The lowest BCUT2D eigenvalue weighted by Gasteiger charge is -2.36. The maximum absolute atomic E-state index is 13.6. The minimum atomic E-state index is -4.00. The molecule has 0 N–H and O–H groups in total. The molecule has 0 aliphatic carbocycles. The highest BCUT2D eigenvalue weighted by Gasteiger charge is 2.39. The van der Waals surface area contributed by atoms with Crippen molar-refractivity contribution < 1.29 is 17.0 Å². The van der Waals surface area contributed by atoms with Crippen molar-refractivity contribution in [3.8, 4) is 6.07 Å². The van der Waals surface area contributed by atoms with Gasteiger partial charge in [-0.05, 0) is 26.0 Å². The summed E-state index contributed by atoms with van der Waals surface area (Å²) in [6.07, 6.45) is 0. The molecule has 0 amide bonds. The van der Waals surface area contributed by atoms with E-state index in [-0.39, 0.29) is 22.4 Å². The Labute approximate surface area is 125 Å². The molecule has 0 saturated carbocycles. The van der Waals surface area contributed by atoms with Crippen LogP contribution < -0.4 is 0 Å². The number of nitrogens with zero attached hydrogens (tertiary/aromatic N) is 2. The number of hydrogen-bond acceptors (Lipinski definition) is 4. The van der Waals surface area contributed by atoms with Crippen molar-refractivity contribution in [3.63, 3.8) is 0 Å². The molecule has 114 valence electrons. The van der Waals surface area contributed by atoms with Crippen LogP contribution >= 0.6 is 0 Å². The number of hydrogen-bond donors (Lipinski definition) is 0. The molecule has 21 heavy (non-hydrogen) atoms. The van der Waals surface area contributed by atoms with E-state index in [1.807, 2.05) is 0 Å². The minimum Gasteiger partial charge on any atom is -0.259 e. The molecule has 3 atom stereocenters. The van der Waals surface area contributed by atoms with Crippen LogP contribution in [0.4, 0.5) is 4.39 Å². The van der Waals surface area contributed by atoms with Crippen molar-refractivity contribution >= 4 is 20.8 Å². The second-order valence-corrected chi connectivity index (χ2v) is 8.64. The SMILES string of the molecule is C[C@@H]1[C@H](C)[S@@](=O)CCN1S(=O)(=O)c1cccc(F)c1C#N. The highest BCUT2D eigenvalue weighted by Crippen LogP contribution is 2.27. The van der Waals surface area contributed by atoms with Crippen LogP contribution in [0.2, 0.25) is 0 Å². The molecule has 1 aromatic carbocycles. The third-order valence-electron chi connectivity index (χ3n) is 3.73. The summed E-state index contributed by atoms with van der Waals surface area (Å²) in [5.41, 5.74) is -0.482. The molecular weight excluding hydrogens is 315 g/mol. The van der Waals surface area contributed by atoms with Gasteiger partial charge in [0.2, 0.25) is 10.0 Å². The first-order valence-corrected chi connectivity index (χ1v) is 9.20. The zero-order chi connectivity index (χ0) is 15.8. The molecule has 0 radical (unpaired) electrons. The first kappa shape index (κ1) is 16.1. The summed E-state index contributed by atoms with van der Waals surface area (Å²) >= 11 is 0. The number of benzene rings is 1. The van der Waals surface area contributed by atoms with Crippen LogP contribution in [0.3, 0.4) is 0 Å². The van der Waals surface area contributed by atoms with Crippen LogP contribution in [0.15, 0.2) is 23.1 Å². The maximum atomic E-state index is 13.6. The Morgan fingerprint density at radius 2 is 2.10 bits per heavy atom. The topological polar surface area (TPSA) is 78.2 Å². The number of sulfonamides is 1. The van der Waals surface area contributed by atoms with Crippen LogP contribution in [0.1, 0.15) is 19.4 Å². The molecule has 0 spiro atoms. The van der Waals surface area contributed by atoms with Gasteiger partial charge in [-0.2, -0.15) is 9.57 Å². The van der Waals surface area contributed by atoms with Gasteiger partial charge in [0.1, 0.15) is 22.3 Å². The van der Waals surface area contributed by atoms with Crippen molar-refractivity contribution in [2.75, 3.05) is 12.3 Å². The van der Waals surface area contributed by atoms with Crippen LogP contribution in [0, 0.1) is 17.1 Å². The summed E-state index contributed by atoms with van der Waals surface area (Å²) < 4.78 is 52.0. The summed E-state index contributed by atoms with van der Waals surface area (Å²) in [5, 5.41) is 8.69. The van der Waals surface area contributed by atoms with Gasteiger partial charge in [-0.15, -0.1) is 0 Å². The lowest BCUT2D eigenvalue weighted by atomic mass is 10.2. The second-order valence-electron chi connectivity index (χ2n) is 4.87. The van der Waals surface area contributed by atoms with E-state index in [0.29, 0.717) is 0 Å². The standard InChI is InChI=1S/C13H15FN2O3S2/c1-9-10(2)20(17)7-6-16(9)21(18,19)13-5-3-4-12(14)11(13)8-15/h3-5,9-10H,6-7H2,1-2H3/t9-,10+,20+/m1/s1. The lowest BCUT2D eigenvalue weighted by molar-refractivity contribution is 0.334. The van der Waals surface area contributed by atoms with Crippen LogP contribution in [-0.2, 0) is 20.8 Å². The molecule has 1 aliphatic heterocycles. The van der Waals surface area contributed by atoms with Gasteiger partial charge in [0.15, 0.2) is 0 Å². The van der Waals surface area contributed by atoms with E-state index in [4.69, 9.17) is 5.26 Å². The first-order chi connectivity index (χ1) is 9.80. The van der Waals surface area contributed by atoms with Crippen molar-refractivity contribution in [1.82, 2.24) is 4.31 Å². The summed E-state index contributed by atoms with van der Waals surface area (Å²) in [6, 6.07) is 4.67. The quantitative estimate of drug-likeness (QED) is 0.817. The van der Waals surface area contributed by atoms with Gasteiger partial charge in [0, 0.05) is 34.4 Å². The van der Waals surface area contributed by atoms with Gasteiger partial charge < -0.3 is 0 Å². The highest BCUT2D eigenvalue weighted by molar-refractivity contribution is 7.89. The molecule has 0 bridgehead atoms. The smallest absolute Gasteiger partial charge is 0.244 e. The van der Waals surface area contributed by atoms with Gasteiger partial charge in [-0.3, -0.25) is 4.21 Å². The Morgan fingerprint density at radius 1 is 1.43 bits per heavy atom. The number of rotatable bonds is 2. The molecule has 1 aromatic rings. The van der Waals surface area contributed by atoms with E-state index < -0.39 is 38.2 Å². The monoisotopic (exact) mass is 330 g/mol. The zero-order valence-electron chi connectivity index (χ0n) is 11.6. The molecule has 1 aliphatic rings. The van der Waals surface area contributed by atoms with Gasteiger partial charge in [-0.25, -0.2) is 12.8 Å². The normalized spacial score (nSPS) is 27.2. The van der Waals surface area contributed by atoms with Gasteiger partial charge >= 0.3 is 0 Å². The van der Waals surface area contributed by atoms with Gasteiger partial charge in [-0.1, -0.05) is 6.07 Å². The lowest BCUT2D eigenvalue weighted by Crippen LogP contribution is -2.52. The van der Waals surface area contributed by atoms with E-state index in [9.17, 15) is 17.0 Å². The molecule has 5 nitrogen and oxygen atoms in total. The minimum absolute atomic E-state index is 0.0990. The van der Waals surface area contributed by atoms with Crippen LogP contribution in [-0.4, -0.2) is 40.5 Å². The largest absolute Gasteiger partial charge is 0.259 e. The summed E-state index contributed by atoms with van der Waals surface area (Å²) in [6.45, 7) is 3.49. The number of nitriles is 1. The third kappa shape index (κ3) is 2.73. The Balaban J connectivity index is 2.51. The Hall–Kier alpha value is -1.30. The third-order valence-corrected chi connectivity index (χ3v) is 7.57. The summed E-state index contributed by atoms with van der Waals surface area (Å²) in [4.78, 5) is -0.336. The van der Waals surface area contributed by atoms with E-state index in [0.717, 1.165) is 6.07 Å². The van der Waals surface area contributed by atoms with Crippen LogP contribution in [0.5, 0.6) is 0 Å². The van der Waals surface area contributed by atoms with E-state index in [2.05, 4.69) is 0 Å². The van der Waals surface area contributed by atoms with Crippen molar-refractivity contribution in [3.05, 3.63) is 29.6 Å². The molecule has 2 rings (SSSR count). The predicted molar refractivity (Wildman–Crippen MR) is 76.9 cm³/mol. The van der Waals surface area contributed by atoms with Gasteiger partial charge in [0.05, 0.1) is 0 Å². The predicted octanol–water partition coefficient (Wildman–Crippen LogP) is 1.23. The Bertz CT molecular complexity index is 727. The maximum Gasteiger partial charge on any atom is 0.244 e. The summed E-state index contributed by atoms with van der Waals surface area (Å²) in [5.74, 6) is -0.623. The highest BCUT2D eigenvalue weighted by atomic mass is 32.2. The van der Waals surface area contributed by atoms with Gasteiger partial charge in [0.25, 0.3) is 0 Å². The average Bonchev–Trinajstić information content (AvgIpc) is 2.44. The van der Waals surface area contributed by atoms with Crippen molar-refractivity contribution in [1.29, 1.82) is 5.26 Å². The fraction of sp³-hybridized carbons (Fsp3) is 0.462. The van der Waals surface area contributed by atoms with Crippen molar-refractivity contribution in [2.24, 2.45) is 0 Å². The fourth-order valence-corrected chi connectivity index (χ4v) is 5.70. The van der Waals surface area contributed by atoms with Crippen LogP contribution in [0.25, 0.3) is 0 Å².